The van der Waals surface area contributed by atoms with Gasteiger partial charge in [-0.3, -0.25) is 9.10 Å². The molecule has 0 aromatic heterocycles. The number of benzene rings is 2. The van der Waals surface area contributed by atoms with E-state index in [0.717, 1.165) is 30.4 Å². The Morgan fingerprint density at radius 2 is 1.84 bits per heavy atom. The highest BCUT2D eigenvalue weighted by Gasteiger charge is 2.39. The minimum Gasteiger partial charge on any atom is -0.487 e. The molecule has 7 heteroatoms. The molecule has 0 fully saturated rings. The first-order valence-corrected chi connectivity index (χ1v) is 12.4. The predicted molar refractivity (Wildman–Crippen MR) is 124 cm³/mol. The number of hydrogen-bond donors (Lipinski definition) is 1. The molecule has 1 amide bonds. The summed E-state index contributed by atoms with van der Waals surface area (Å²) in [7, 11) is -3.44. The number of sulfonamides is 1. The van der Waals surface area contributed by atoms with E-state index in [0.29, 0.717) is 17.7 Å². The summed E-state index contributed by atoms with van der Waals surface area (Å²) in [4.78, 5) is 13.0. The zero-order valence-electron chi connectivity index (χ0n) is 18.3. The third kappa shape index (κ3) is 4.93. The quantitative estimate of drug-likeness (QED) is 0.613. The summed E-state index contributed by atoms with van der Waals surface area (Å²) in [6.07, 6.45) is 5.07. The second-order valence-corrected chi connectivity index (χ2v) is 9.80. The molecule has 0 radical (unpaired) electrons. The lowest BCUT2D eigenvalue weighted by Crippen LogP contribution is -2.44. The van der Waals surface area contributed by atoms with Gasteiger partial charge in [0, 0.05) is 17.5 Å². The smallest absolute Gasteiger partial charge is 0.251 e. The zero-order chi connectivity index (χ0) is 22.6. The van der Waals surface area contributed by atoms with Gasteiger partial charge in [-0.05, 0) is 43.2 Å². The molecule has 1 heterocycles. The van der Waals surface area contributed by atoms with Crippen molar-refractivity contribution in [1.29, 1.82) is 0 Å². The summed E-state index contributed by atoms with van der Waals surface area (Å²) in [5, 5.41) is 3.15. The van der Waals surface area contributed by atoms with E-state index in [4.69, 9.17) is 4.74 Å². The van der Waals surface area contributed by atoms with Gasteiger partial charge in [0.25, 0.3) is 5.91 Å². The molecule has 1 atom stereocenters. The molecule has 0 saturated heterocycles. The van der Waals surface area contributed by atoms with Crippen LogP contribution in [0.1, 0.15) is 55.1 Å². The van der Waals surface area contributed by atoms with E-state index in [1.165, 1.54) is 10.4 Å². The Morgan fingerprint density at radius 3 is 2.42 bits per heavy atom. The molecule has 2 aromatic rings. The van der Waals surface area contributed by atoms with Crippen LogP contribution >= 0.6 is 0 Å². The minimum atomic E-state index is -3.44. The average molecular weight is 443 g/mol. The van der Waals surface area contributed by atoms with Crippen LogP contribution in [0.4, 0.5) is 5.69 Å². The van der Waals surface area contributed by atoms with Gasteiger partial charge < -0.3 is 10.1 Å². The number of amides is 1. The standard InChI is InChI=1S/C24H30N2O4S/c1-5-16-26(31(4,28)29)19-14-12-18(13-15-19)23(27)25-21-17-24(6-2,7-3)30-22-11-9-8-10-20(21)22/h5,8-15,21H,1,6-7,16-17H2,2-4H3,(H,25,27). The summed E-state index contributed by atoms with van der Waals surface area (Å²) in [6, 6.07) is 14.2. The van der Waals surface area contributed by atoms with Gasteiger partial charge in [-0.15, -0.1) is 6.58 Å². The Hall–Kier alpha value is -2.80. The van der Waals surface area contributed by atoms with Gasteiger partial charge in [-0.1, -0.05) is 38.1 Å². The van der Waals surface area contributed by atoms with Gasteiger partial charge in [-0.25, -0.2) is 8.42 Å². The number of rotatable bonds is 8. The van der Waals surface area contributed by atoms with Crippen molar-refractivity contribution in [3.05, 3.63) is 72.3 Å². The number of para-hydroxylation sites is 1. The topological polar surface area (TPSA) is 75.7 Å². The number of nitrogens with zero attached hydrogens (tertiary/aromatic N) is 1. The fourth-order valence-electron chi connectivity index (χ4n) is 4.00. The Labute approximate surface area is 185 Å². The molecule has 0 spiro atoms. The summed E-state index contributed by atoms with van der Waals surface area (Å²) < 4.78 is 31.6. The summed E-state index contributed by atoms with van der Waals surface area (Å²) in [6.45, 7) is 7.99. The Bertz CT molecular complexity index is 1040. The molecule has 31 heavy (non-hydrogen) atoms. The highest BCUT2D eigenvalue weighted by atomic mass is 32.2. The van der Waals surface area contributed by atoms with Gasteiger partial charge in [0.05, 0.1) is 24.5 Å². The van der Waals surface area contributed by atoms with Crippen molar-refractivity contribution in [2.45, 2.75) is 44.8 Å². The number of anilines is 1. The maximum atomic E-state index is 13.0. The molecule has 0 saturated carbocycles. The highest BCUT2D eigenvalue weighted by Crippen LogP contribution is 2.42. The van der Waals surface area contributed by atoms with E-state index in [1.54, 1.807) is 24.3 Å². The molecule has 1 aliphatic heterocycles. The predicted octanol–water partition coefficient (Wildman–Crippen LogP) is 4.45. The molecule has 0 aliphatic carbocycles. The van der Waals surface area contributed by atoms with Crippen molar-refractivity contribution < 1.29 is 17.9 Å². The van der Waals surface area contributed by atoms with E-state index in [9.17, 15) is 13.2 Å². The minimum absolute atomic E-state index is 0.162. The molecule has 166 valence electrons. The molecular formula is C24H30N2O4S. The lowest BCUT2D eigenvalue weighted by atomic mass is 9.83. The number of carbonyl (C=O) groups is 1. The Morgan fingerprint density at radius 1 is 1.19 bits per heavy atom. The maximum absolute atomic E-state index is 13.0. The van der Waals surface area contributed by atoms with E-state index < -0.39 is 10.0 Å². The van der Waals surface area contributed by atoms with Crippen molar-refractivity contribution in [2.75, 3.05) is 17.1 Å². The van der Waals surface area contributed by atoms with E-state index in [1.807, 2.05) is 24.3 Å². The van der Waals surface area contributed by atoms with Crippen LogP contribution < -0.4 is 14.4 Å². The lowest BCUT2D eigenvalue weighted by Gasteiger charge is -2.41. The molecular weight excluding hydrogens is 412 g/mol. The average Bonchev–Trinajstić information content (AvgIpc) is 2.76. The second-order valence-electron chi connectivity index (χ2n) is 7.89. The molecule has 0 bridgehead atoms. The van der Waals surface area contributed by atoms with Gasteiger partial charge >= 0.3 is 0 Å². The molecule has 1 unspecified atom stereocenters. The molecule has 1 aliphatic rings. The van der Waals surface area contributed by atoms with Crippen LogP contribution in [0.25, 0.3) is 0 Å². The van der Waals surface area contributed by atoms with E-state index >= 15 is 0 Å². The number of carbonyl (C=O) groups excluding carboxylic acids is 1. The van der Waals surface area contributed by atoms with Crippen LogP contribution in [0, 0.1) is 0 Å². The van der Waals surface area contributed by atoms with Crippen molar-refractivity contribution in [3.8, 4) is 5.75 Å². The van der Waals surface area contributed by atoms with Crippen molar-refractivity contribution >= 4 is 21.6 Å². The number of ether oxygens (including phenoxy) is 1. The molecule has 3 rings (SSSR count). The number of fused-ring (bicyclic) bond motifs is 1. The van der Waals surface area contributed by atoms with Crippen molar-refractivity contribution in [1.82, 2.24) is 5.32 Å². The van der Waals surface area contributed by atoms with Gasteiger partial charge in [-0.2, -0.15) is 0 Å². The van der Waals surface area contributed by atoms with Crippen LogP contribution in [0.2, 0.25) is 0 Å². The van der Waals surface area contributed by atoms with E-state index in [2.05, 4.69) is 25.7 Å². The summed E-state index contributed by atoms with van der Waals surface area (Å²) in [5.41, 5.74) is 1.63. The first-order valence-electron chi connectivity index (χ1n) is 10.5. The lowest BCUT2D eigenvalue weighted by molar-refractivity contribution is 0.0227. The monoisotopic (exact) mass is 442 g/mol. The van der Waals surface area contributed by atoms with Crippen molar-refractivity contribution in [3.63, 3.8) is 0 Å². The maximum Gasteiger partial charge on any atom is 0.251 e. The SMILES string of the molecule is C=CCN(c1ccc(C(=O)NC2CC(CC)(CC)Oc3ccccc32)cc1)S(C)(=O)=O. The largest absolute Gasteiger partial charge is 0.487 e. The third-order valence-corrected chi connectivity index (χ3v) is 7.06. The number of hydrogen-bond acceptors (Lipinski definition) is 4. The third-order valence-electron chi connectivity index (χ3n) is 5.90. The highest BCUT2D eigenvalue weighted by molar-refractivity contribution is 7.92. The normalized spacial score (nSPS) is 17.2. The van der Waals surface area contributed by atoms with Crippen LogP contribution in [0.15, 0.2) is 61.2 Å². The molecule has 1 N–H and O–H groups in total. The molecule has 2 aromatic carbocycles. The second kappa shape index (κ2) is 9.14. The van der Waals surface area contributed by atoms with Gasteiger partial charge in [0.15, 0.2) is 0 Å². The summed E-state index contributed by atoms with van der Waals surface area (Å²) >= 11 is 0. The van der Waals surface area contributed by atoms with Crippen LogP contribution in [0.3, 0.4) is 0 Å². The summed E-state index contributed by atoms with van der Waals surface area (Å²) in [5.74, 6) is 0.607. The zero-order valence-corrected chi connectivity index (χ0v) is 19.1. The first-order chi connectivity index (χ1) is 14.7. The van der Waals surface area contributed by atoms with Gasteiger partial charge in [0.2, 0.25) is 10.0 Å². The van der Waals surface area contributed by atoms with Crippen LogP contribution in [-0.2, 0) is 10.0 Å². The fourth-order valence-corrected chi connectivity index (χ4v) is 4.88. The molecule has 6 nitrogen and oxygen atoms in total. The van der Waals surface area contributed by atoms with Gasteiger partial charge in [0.1, 0.15) is 11.4 Å². The van der Waals surface area contributed by atoms with Crippen molar-refractivity contribution in [2.24, 2.45) is 0 Å². The Balaban J connectivity index is 1.83. The first kappa shape index (κ1) is 22.9. The van der Waals surface area contributed by atoms with Crippen LogP contribution in [-0.4, -0.2) is 32.7 Å². The Kier molecular flexibility index (Phi) is 6.74. The van der Waals surface area contributed by atoms with Crippen LogP contribution in [0.5, 0.6) is 5.75 Å². The van der Waals surface area contributed by atoms with E-state index in [-0.39, 0.29) is 24.1 Å². The number of nitrogens with one attached hydrogen (secondary N) is 1. The fraction of sp³-hybridized carbons (Fsp3) is 0.375.